The van der Waals surface area contributed by atoms with Gasteiger partial charge in [0.05, 0.1) is 11.4 Å². The highest BCUT2D eigenvalue weighted by Gasteiger charge is 2.32. The third-order valence-electron chi connectivity index (χ3n) is 3.80. The largest absolute Gasteiger partial charge is 0.381 e. The lowest BCUT2D eigenvalue weighted by Gasteiger charge is -2.39. The highest BCUT2D eigenvalue weighted by molar-refractivity contribution is 6.29. The number of hydrogen-bond donors (Lipinski definition) is 1. The van der Waals surface area contributed by atoms with Gasteiger partial charge in [0.25, 0.3) is 0 Å². The first-order valence-electron chi connectivity index (χ1n) is 6.75. The van der Waals surface area contributed by atoms with Crippen LogP contribution in [0, 0.1) is 18.3 Å². The molecule has 0 spiro atoms. The molecule has 1 aliphatic rings. The number of pyridine rings is 1. The maximum atomic E-state index is 5.89. The molecule has 100 valence electrons. The van der Waals surface area contributed by atoms with Gasteiger partial charge in [-0.25, -0.2) is 4.98 Å². The second-order valence-corrected chi connectivity index (χ2v) is 6.91. The van der Waals surface area contributed by atoms with E-state index in [1.165, 1.54) is 19.3 Å². The van der Waals surface area contributed by atoms with Crippen molar-refractivity contribution in [3.05, 3.63) is 23.0 Å². The minimum Gasteiger partial charge on any atom is -0.381 e. The third kappa shape index (κ3) is 3.38. The molecule has 0 aliphatic heterocycles. The van der Waals surface area contributed by atoms with Gasteiger partial charge in [0.2, 0.25) is 0 Å². The van der Waals surface area contributed by atoms with Gasteiger partial charge in [-0.2, -0.15) is 0 Å². The van der Waals surface area contributed by atoms with Crippen LogP contribution in [0.25, 0.3) is 0 Å². The molecule has 0 aromatic carbocycles. The molecule has 2 unspecified atom stereocenters. The van der Waals surface area contributed by atoms with Crippen LogP contribution in [0.1, 0.15) is 45.7 Å². The monoisotopic (exact) mass is 266 g/mol. The lowest BCUT2D eigenvalue weighted by molar-refractivity contribution is 0.178. The Labute approximate surface area is 115 Å². The van der Waals surface area contributed by atoms with Gasteiger partial charge in [-0.05, 0) is 49.7 Å². The number of hydrogen-bond acceptors (Lipinski definition) is 2. The molecule has 0 amide bonds. The van der Waals surface area contributed by atoms with Gasteiger partial charge in [-0.15, -0.1) is 0 Å². The summed E-state index contributed by atoms with van der Waals surface area (Å²) >= 11 is 5.89. The molecule has 1 aromatic heterocycles. The van der Waals surface area contributed by atoms with Gasteiger partial charge in [0, 0.05) is 6.04 Å². The first-order chi connectivity index (χ1) is 8.35. The second-order valence-electron chi connectivity index (χ2n) is 6.52. The highest BCUT2D eigenvalue weighted by atomic mass is 35.5. The summed E-state index contributed by atoms with van der Waals surface area (Å²) in [7, 11) is 0. The van der Waals surface area contributed by atoms with Crippen LogP contribution in [0.15, 0.2) is 12.1 Å². The van der Waals surface area contributed by atoms with Crippen LogP contribution in [-0.2, 0) is 0 Å². The SMILES string of the molecule is Cc1nc(Cl)ccc1NC1CC(C)CC(C)(C)C1. The minimum atomic E-state index is 0.434. The number of halogens is 1. The Morgan fingerprint density at radius 2 is 2.06 bits per heavy atom. The molecular formula is C15H23ClN2. The molecule has 1 aromatic rings. The van der Waals surface area contributed by atoms with Crippen LogP contribution < -0.4 is 5.32 Å². The van der Waals surface area contributed by atoms with Gasteiger partial charge in [0.15, 0.2) is 0 Å². The van der Waals surface area contributed by atoms with E-state index < -0.39 is 0 Å². The quantitative estimate of drug-likeness (QED) is 0.787. The fourth-order valence-electron chi connectivity index (χ4n) is 3.36. The van der Waals surface area contributed by atoms with Crippen molar-refractivity contribution >= 4 is 17.3 Å². The normalized spacial score (nSPS) is 26.9. The van der Waals surface area contributed by atoms with Crippen LogP contribution in [0.3, 0.4) is 0 Å². The van der Waals surface area contributed by atoms with Crippen molar-refractivity contribution in [3.8, 4) is 0 Å². The zero-order chi connectivity index (χ0) is 13.3. The Hall–Kier alpha value is -0.760. The van der Waals surface area contributed by atoms with Crippen LogP contribution in [0.4, 0.5) is 5.69 Å². The van der Waals surface area contributed by atoms with Gasteiger partial charge < -0.3 is 5.32 Å². The van der Waals surface area contributed by atoms with Crippen LogP contribution in [-0.4, -0.2) is 11.0 Å². The lowest BCUT2D eigenvalue weighted by Crippen LogP contribution is -2.35. The van der Waals surface area contributed by atoms with E-state index in [0.717, 1.165) is 17.3 Å². The Morgan fingerprint density at radius 3 is 2.67 bits per heavy atom. The number of rotatable bonds is 2. The maximum Gasteiger partial charge on any atom is 0.129 e. The van der Waals surface area contributed by atoms with E-state index in [1.807, 2.05) is 19.1 Å². The Bertz CT molecular complexity index is 429. The van der Waals surface area contributed by atoms with E-state index >= 15 is 0 Å². The predicted molar refractivity (Wildman–Crippen MR) is 78.2 cm³/mol. The number of nitrogens with one attached hydrogen (secondary N) is 1. The molecule has 2 rings (SSSR count). The fraction of sp³-hybridized carbons (Fsp3) is 0.667. The summed E-state index contributed by atoms with van der Waals surface area (Å²) in [5.74, 6) is 0.784. The summed E-state index contributed by atoms with van der Waals surface area (Å²) < 4.78 is 0. The molecule has 18 heavy (non-hydrogen) atoms. The zero-order valence-corrected chi connectivity index (χ0v) is 12.5. The third-order valence-corrected chi connectivity index (χ3v) is 4.01. The standard InChI is InChI=1S/C15H23ClN2/c1-10-7-12(9-15(3,4)8-10)18-13-5-6-14(16)17-11(13)2/h5-6,10,12,18H,7-9H2,1-4H3. The van der Waals surface area contributed by atoms with Crippen molar-refractivity contribution in [2.45, 2.75) is 53.0 Å². The van der Waals surface area contributed by atoms with Crippen molar-refractivity contribution in [1.82, 2.24) is 4.98 Å². The molecule has 0 saturated heterocycles. The van der Waals surface area contributed by atoms with Crippen molar-refractivity contribution in [3.63, 3.8) is 0 Å². The Kier molecular flexibility index (Phi) is 3.86. The zero-order valence-electron chi connectivity index (χ0n) is 11.8. The molecule has 1 aliphatic carbocycles. The van der Waals surface area contributed by atoms with Gasteiger partial charge in [-0.3, -0.25) is 0 Å². The van der Waals surface area contributed by atoms with E-state index in [2.05, 4.69) is 31.1 Å². The van der Waals surface area contributed by atoms with E-state index in [9.17, 15) is 0 Å². The smallest absolute Gasteiger partial charge is 0.129 e. The van der Waals surface area contributed by atoms with Crippen LogP contribution in [0.2, 0.25) is 5.15 Å². The van der Waals surface area contributed by atoms with Crippen molar-refractivity contribution in [2.75, 3.05) is 5.32 Å². The summed E-state index contributed by atoms with van der Waals surface area (Å²) in [5.41, 5.74) is 2.54. The topological polar surface area (TPSA) is 24.9 Å². The van der Waals surface area contributed by atoms with Gasteiger partial charge >= 0.3 is 0 Å². The average Bonchev–Trinajstić information content (AvgIpc) is 2.19. The molecule has 3 heteroatoms. The average molecular weight is 267 g/mol. The molecule has 0 bridgehead atoms. The van der Waals surface area contributed by atoms with Crippen molar-refractivity contribution in [1.29, 1.82) is 0 Å². The van der Waals surface area contributed by atoms with Gasteiger partial charge in [0.1, 0.15) is 5.15 Å². The molecule has 1 fully saturated rings. The first-order valence-corrected chi connectivity index (χ1v) is 7.13. The molecule has 1 saturated carbocycles. The van der Waals surface area contributed by atoms with Crippen molar-refractivity contribution in [2.24, 2.45) is 11.3 Å². The maximum absolute atomic E-state index is 5.89. The predicted octanol–water partition coefficient (Wildman–Crippen LogP) is 4.67. The summed E-state index contributed by atoms with van der Waals surface area (Å²) in [4.78, 5) is 4.30. The van der Waals surface area contributed by atoms with Crippen LogP contribution >= 0.6 is 11.6 Å². The Morgan fingerprint density at radius 1 is 1.33 bits per heavy atom. The second kappa shape index (κ2) is 5.08. The highest BCUT2D eigenvalue weighted by Crippen LogP contribution is 2.39. The lowest BCUT2D eigenvalue weighted by atomic mass is 9.70. The number of aromatic nitrogens is 1. The number of nitrogens with zero attached hydrogens (tertiary/aromatic N) is 1. The van der Waals surface area contributed by atoms with Crippen LogP contribution in [0.5, 0.6) is 0 Å². The van der Waals surface area contributed by atoms with Gasteiger partial charge in [-0.1, -0.05) is 32.4 Å². The fourth-order valence-corrected chi connectivity index (χ4v) is 3.55. The summed E-state index contributed by atoms with van der Waals surface area (Å²) in [5, 5.41) is 4.21. The van der Waals surface area contributed by atoms with E-state index in [0.29, 0.717) is 16.6 Å². The summed E-state index contributed by atoms with van der Waals surface area (Å²) in [6.07, 6.45) is 3.79. The van der Waals surface area contributed by atoms with E-state index in [-0.39, 0.29) is 0 Å². The molecular weight excluding hydrogens is 244 g/mol. The molecule has 1 heterocycles. The Balaban J connectivity index is 2.09. The number of aryl methyl sites for hydroxylation is 1. The molecule has 0 radical (unpaired) electrons. The van der Waals surface area contributed by atoms with E-state index in [4.69, 9.17) is 11.6 Å². The summed E-state index contributed by atoms with van der Waals surface area (Å²) in [6, 6.07) is 4.44. The minimum absolute atomic E-state index is 0.434. The first kappa shape index (κ1) is 13.7. The van der Waals surface area contributed by atoms with Crippen molar-refractivity contribution < 1.29 is 0 Å². The number of anilines is 1. The summed E-state index contributed by atoms with van der Waals surface area (Å²) in [6.45, 7) is 9.09. The molecule has 1 N–H and O–H groups in total. The molecule has 2 nitrogen and oxygen atoms in total. The molecule has 2 atom stereocenters. The van der Waals surface area contributed by atoms with E-state index in [1.54, 1.807) is 0 Å².